The van der Waals surface area contributed by atoms with E-state index in [0.717, 1.165) is 0 Å². The van der Waals surface area contributed by atoms with Gasteiger partial charge in [0.1, 0.15) is 0 Å². The van der Waals surface area contributed by atoms with Crippen molar-refractivity contribution in [3.63, 3.8) is 0 Å². The SMILES string of the molecule is O=P([O-])([O-])[O-].[Al+3].[F-].[Li+].[Na+].[OH-]. The van der Waals surface area contributed by atoms with Gasteiger partial charge < -0.3 is 29.4 Å². The topological polar surface area (TPSA) is 116 Å². The second-order valence-electron chi connectivity index (χ2n) is 0.447. The minimum atomic E-state index is -5.39. The van der Waals surface area contributed by atoms with Crippen LogP contribution in [-0.4, -0.2) is 22.8 Å². The van der Waals surface area contributed by atoms with E-state index in [1.54, 1.807) is 0 Å². The summed E-state index contributed by atoms with van der Waals surface area (Å²) in [5, 5.41) is 0. The molecule has 0 saturated heterocycles. The summed E-state index contributed by atoms with van der Waals surface area (Å²) in [4.78, 5) is 25.6. The van der Waals surface area contributed by atoms with Crippen LogP contribution in [0.5, 0.6) is 0 Å². The van der Waals surface area contributed by atoms with E-state index in [-0.39, 0.29) is 76.0 Å². The van der Waals surface area contributed by atoms with Gasteiger partial charge in [0.2, 0.25) is 0 Å². The van der Waals surface area contributed by atoms with Gasteiger partial charge in [-0.2, -0.15) is 7.82 Å². The number of halogens is 1. The smallest absolute Gasteiger partial charge is 1.00 e. The van der Waals surface area contributed by atoms with Gasteiger partial charge in [0.15, 0.2) is 0 Å². The summed E-state index contributed by atoms with van der Waals surface area (Å²) in [6.07, 6.45) is 0. The fourth-order valence-electron chi connectivity index (χ4n) is 0. The van der Waals surface area contributed by atoms with Crippen LogP contribution in [-0.2, 0) is 4.57 Å². The van der Waals surface area contributed by atoms with E-state index in [1.807, 2.05) is 0 Å². The van der Waals surface area contributed by atoms with Crippen LogP contribution in [0, 0.1) is 0 Å². The van der Waals surface area contributed by atoms with Crippen molar-refractivity contribution in [1.82, 2.24) is 0 Å². The molecule has 0 atom stereocenters. The third kappa shape index (κ3) is 186. The summed E-state index contributed by atoms with van der Waals surface area (Å²) in [6, 6.07) is 0. The monoisotopic (exact) mass is 188 g/mol. The minimum absolute atomic E-state index is 0. The average molecular weight is 188 g/mol. The van der Waals surface area contributed by atoms with Crippen LogP contribution in [0.1, 0.15) is 0 Å². The molecule has 0 aliphatic heterocycles. The van der Waals surface area contributed by atoms with Crippen molar-refractivity contribution in [3.8, 4) is 0 Å². The molecule has 0 aromatic heterocycles. The normalized spacial score (nSPS) is 5.90. The van der Waals surface area contributed by atoms with Gasteiger partial charge in [0.05, 0.1) is 0 Å². The quantitative estimate of drug-likeness (QED) is 0.276. The van der Waals surface area contributed by atoms with E-state index in [4.69, 9.17) is 19.2 Å². The maximum Gasteiger partial charge on any atom is 3.00 e. The molecule has 0 aromatic carbocycles. The van der Waals surface area contributed by atoms with E-state index >= 15 is 0 Å². The number of hydrogen-bond acceptors (Lipinski definition) is 5. The second-order valence-corrected chi connectivity index (χ2v) is 1.34. The first kappa shape index (κ1) is 40.0. The molecule has 0 saturated carbocycles. The largest absolute Gasteiger partial charge is 3.00 e. The fourth-order valence-corrected chi connectivity index (χ4v) is 0. The maximum absolute atomic E-state index is 8.55. The molecule has 0 radical (unpaired) electrons. The van der Waals surface area contributed by atoms with E-state index in [0.29, 0.717) is 0 Å². The van der Waals surface area contributed by atoms with Crippen LogP contribution < -0.4 is 67.8 Å². The molecule has 0 spiro atoms. The first-order chi connectivity index (χ1) is 2.00. The Morgan fingerprint density at radius 2 is 1.10 bits per heavy atom. The molecule has 5 nitrogen and oxygen atoms in total. The molecule has 0 rings (SSSR count). The molecule has 0 amide bonds. The molecule has 10 heteroatoms. The number of rotatable bonds is 0. The Kier molecular flexibility index (Phi) is 69.1. The zero-order valence-electron chi connectivity index (χ0n) is 5.48. The van der Waals surface area contributed by atoms with Crippen LogP contribution in [0.3, 0.4) is 0 Å². The zero-order chi connectivity index (χ0) is 4.50. The van der Waals surface area contributed by atoms with E-state index in [1.165, 1.54) is 0 Å². The molecule has 48 valence electrons. The summed E-state index contributed by atoms with van der Waals surface area (Å²) in [6.45, 7) is 0. The zero-order valence-corrected chi connectivity index (χ0v) is 9.53. The van der Waals surface area contributed by atoms with Crippen molar-refractivity contribution in [2.45, 2.75) is 0 Å². The number of hydrogen-bond donors (Lipinski definition) is 0. The predicted octanol–water partition coefficient (Wildman–Crippen LogP) is -12.4. The minimum Gasteiger partial charge on any atom is -1.00 e. The standard InChI is InChI=1S/Al.FH.Li.Na.H3O4P.H2O/c;;;;1-5(2,3)4;/h;1H;;;(H3,1,2,3,4);1H2/q+3;;2*+1;;/p-5. The van der Waals surface area contributed by atoms with Crippen LogP contribution in [0.15, 0.2) is 0 Å². The Balaban J connectivity index is -0.00000000800. The summed E-state index contributed by atoms with van der Waals surface area (Å²) < 4.78 is 8.55. The molecule has 0 aliphatic carbocycles. The van der Waals surface area contributed by atoms with Gasteiger partial charge in [0.25, 0.3) is 0 Å². The molecule has 1 N–H and O–H groups in total. The van der Waals surface area contributed by atoms with Crippen molar-refractivity contribution >= 4 is 25.2 Å². The summed E-state index contributed by atoms with van der Waals surface area (Å²) in [5.74, 6) is 0. The first-order valence-corrected chi connectivity index (χ1v) is 2.19. The van der Waals surface area contributed by atoms with Gasteiger partial charge in [-0.15, -0.1) is 0 Å². The number of phosphoric acid groups is 1. The Hall–Kier alpha value is 2.13. The van der Waals surface area contributed by atoms with Crippen LogP contribution in [0.25, 0.3) is 0 Å². The third-order valence-electron chi connectivity index (χ3n) is 0. The van der Waals surface area contributed by atoms with Crippen molar-refractivity contribution in [1.29, 1.82) is 0 Å². The van der Waals surface area contributed by atoms with Gasteiger partial charge in [-0.05, 0) is 0 Å². The van der Waals surface area contributed by atoms with Gasteiger partial charge in [-0.3, -0.25) is 0 Å². The third-order valence-corrected chi connectivity index (χ3v) is 0. The second kappa shape index (κ2) is 17.3. The van der Waals surface area contributed by atoms with Crippen LogP contribution >= 0.6 is 7.82 Å². The first-order valence-electron chi connectivity index (χ1n) is 0.730. The van der Waals surface area contributed by atoms with Crippen molar-refractivity contribution in [3.05, 3.63) is 0 Å². The van der Waals surface area contributed by atoms with Crippen LogP contribution in [0.2, 0.25) is 0 Å². The molecule has 0 aromatic rings. The maximum atomic E-state index is 8.55. The van der Waals surface area contributed by atoms with Gasteiger partial charge in [0, 0.05) is 0 Å². The van der Waals surface area contributed by atoms with Gasteiger partial charge >= 0.3 is 65.8 Å². The molecule has 0 fully saturated rings. The van der Waals surface area contributed by atoms with E-state index in [9.17, 15) is 0 Å². The molecule has 0 heterocycles. The van der Waals surface area contributed by atoms with Gasteiger partial charge in [-0.25, -0.2) is 0 Å². The molecule has 0 aliphatic rings. The van der Waals surface area contributed by atoms with E-state index < -0.39 is 7.82 Å². The fraction of sp³-hybridized carbons (Fsp3) is 0. The van der Waals surface area contributed by atoms with Crippen LogP contribution in [0.4, 0.5) is 0 Å². The van der Waals surface area contributed by atoms with E-state index in [2.05, 4.69) is 0 Å². The summed E-state index contributed by atoms with van der Waals surface area (Å²) in [5.41, 5.74) is 0. The van der Waals surface area contributed by atoms with Crippen molar-refractivity contribution < 1.29 is 77.8 Å². The Bertz CT molecular complexity index is 67.8. The Labute approximate surface area is 102 Å². The summed E-state index contributed by atoms with van der Waals surface area (Å²) in [7, 11) is -5.39. The Morgan fingerprint density at radius 3 is 1.10 bits per heavy atom. The summed E-state index contributed by atoms with van der Waals surface area (Å²) >= 11 is 0. The van der Waals surface area contributed by atoms with Crippen molar-refractivity contribution in [2.24, 2.45) is 0 Å². The molecule has 10 heavy (non-hydrogen) atoms. The molecule has 0 bridgehead atoms. The van der Waals surface area contributed by atoms with Crippen molar-refractivity contribution in [2.75, 3.05) is 0 Å². The van der Waals surface area contributed by atoms with Gasteiger partial charge in [-0.1, -0.05) is 0 Å². The molecule has 0 unspecified atom stereocenters. The molecular weight excluding hydrogens is 187 g/mol. The molecular formula is HAlFLiNaO5P. The average Bonchev–Trinajstić information content (AvgIpc) is 0.722. The Morgan fingerprint density at radius 1 is 1.10 bits per heavy atom. The predicted molar refractivity (Wildman–Crippen MR) is 15.3 cm³/mol.